The minimum atomic E-state index is 0.111. The number of nitriles is 1. The van der Waals surface area contributed by atoms with Crippen LogP contribution in [0.15, 0.2) is 78.9 Å². The summed E-state index contributed by atoms with van der Waals surface area (Å²) in [5.74, 6) is 0.512. The quantitative estimate of drug-likeness (QED) is 0.332. The fourth-order valence-electron chi connectivity index (χ4n) is 4.36. The summed E-state index contributed by atoms with van der Waals surface area (Å²) in [6.07, 6.45) is 0. The monoisotopic (exact) mass is 444 g/mol. The molecule has 5 nitrogen and oxygen atoms in total. The zero-order chi connectivity index (χ0) is 23.8. The highest BCUT2D eigenvalue weighted by atomic mass is 16.3. The predicted octanol–water partition coefficient (Wildman–Crippen LogP) is 6.76. The van der Waals surface area contributed by atoms with E-state index in [0.29, 0.717) is 33.9 Å². The van der Waals surface area contributed by atoms with Crippen LogP contribution in [0.5, 0.6) is 5.75 Å². The van der Waals surface area contributed by atoms with Crippen LogP contribution in [0.2, 0.25) is 0 Å². The first-order valence-electron chi connectivity index (χ1n) is 11.3. The van der Waals surface area contributed by atoms with Crippen molar-refractivity contribution in [2.75, 3.05) is 0 Å². The predicted molar refractivity (Wildman–Crippen MR) is 135 cm³/mol. The van der Waals surface area contributed by atoms with E-state index >= 15 is 0 Å². The number of benzene rings is 3. The Hall–Kier alpha value is -4.43. The molecule has 34 heavy (non-hydrogen) atoms. The Balaban J connectivity index is 1.91. The molecule has 1 N–H and O–H groups in total. The summed E-state index contributed by atoms with van der Waals surface area (Å²) in [5.41, 5.74) is 6.54. The summed E-state index contributed by atoms with van der Waals surface area (Å²) < 4.78 is 1.81. The number of para-hydroxylation sites is 2. The van der Waals surface area contributed by atoms with Crippen molar-refractivity contribution < 1.29 is 5.11 Å². The Kier molecular flexibility index (Phi) is 5.35. The van der Waals surface area contributed by atoms with Crippen LogP contribution in [-0.4, -0.2) is 19.9 Å². The van der Waals surface area contributed by atoms with E-state index in [9.17, 15) is 10.4 Å². The smallest absolute Gasteiger partial charge is 0.164 e. The van der Waals surface area contributed by atoms with Crippen molar-refractivity contribution in [2.24, 2.45) is 0 Å². The number of hydrogen-bond acceptors (Lipinski definition) is 4. The lowest BCUT2D eigenvalue weighted by molar-refractivity contribution is 0.477. The molecule has 5 rings (SSSR count). The summed E-state index contributed by atoms with van der Waals surface area (Å²) >= 11 is 0. The van der Waals surface area contributed by atoms with E-state index in [1.165, 1.54) is 5.56 Å². The highest BCUT2D eigenvalue weighted by Crippen LogP contribution is 2.41. The van der Waals surface area contributed by atoms with Gasteiger partial charge in [0.25, 0.3) is 0 Å². The maximum absolute atomic E-state index is 10.8. The van der Waals surface area contributed by atoms with Crippen molar-refractivity contribution in [3.63, 3.8) is 0 Å². The number of fused-ring (bicyclic) bond motifs is 1. The molecule has 2 aromatic heterocycles. The molecule has 5 heteroatoms. The first kappa shape index (κ1) is 21.4. The van der Waals surface area contributed by atoms with Crippen LogP contribution in [-0.2, 0) is 0 Å². The zero-order valence-electron chi connectivity index (χ0n) is 19.3. The first-order chi connectivity index (χ1) is 16.5. The minimum Gasteiger partial charge on any atom is -0.507 e. The lowest BCUT2D eigenvalue weighted by atomic mass is 9.92. The number of hydrogen-bond donors (Lipinski definition) is 1. The molecule has 0 aliphatic carbocycles. The minimum absolute atomic E-state index is 0.111. The van der Waals surface area contributed by atoms with E-state index in [2.05, 4.69) is 32.0 Å². The van der Waals surface area contributed by atoms with Crippen LogP contribution in [0.4, 0.5) is 0 Å². The van der Waals surface area contributed by atoms with Gasteiger partial charge < -0.3 is 5.11 Å². The van der Waals surface area contributed by atoms with Gasteiger partial charge in [-0.1, -0.05) is 74.5 Å². The van der Waals surface area contributed by atoms with Gasteiger partial charge >= 0.3 is 0 Å². The fraction of sp³-hybridized carbons (Fsp3) is 0.138. The van der Waals surface area contributed by atoms with E-state index in [-0.39, 0.29) is 5.75 Å². The number of pyridine rings is 1. The van der Waals surface area contributed by atoms with Gasteiger partial charge in [-0.05, 0) is 36.6 Å². The lowest BCUT2D eigenvalue weighted by Crippen LogP contribution is -2.01. The maximum atomic E-state index is 10.8. The number of phenolic OH excluding ortho intramolecular Hbond substituents is 1. The van der Waals surface area contributed by atoms with Crippen LogP contribution < -0.4 is 0 Å². The molecule has 0 fully saturated rings. The van der Waals surface area contributed by atoms with Crippen LogP contribution in [0, 0.1) is 18.3 Å². The van der Waals surface area contributed by atoms with Gasteiger partial charge in [-0.25, -0.2) is 9.67 Å². The van der Waals surface area contributed by atoms with Crippen molar-refractivity contribution in [3.05, 3.63) is 95.7 Å². The van der Waals surface area contributed by atoms with Crippen molar-refractivity contribution >= 4 is 11.0 Å². The molecule has 0 spiro atoms. The Bertz CT molecular complexity index is 1540. The Labute approximate surface area is 198 Å². The molecule has 0 unspecified atom stereocenters. The van der Waals surface area contributed by atoms with Crippen LogP contribution in [0.3, 0.4) is 0 Å². The summed E-state index contributed by atoms with van der Waals surface area (Å²) in [7, 11) is 0. The molecule has 0 radical (unpaired) electrons. The lowest BCUT2D eigenvalue weighted by Gasteiger charge is -2.14. The third kappa shape index (κ3) is 3.50. The molecule has 0 saturated carbocycles. The average molecular weight is 445 g/mol. The second-order valence-electron chi connectivity index (χ2n) is 8.65. The molecule has 5 aromatic rings. The number of nitrogens with zero attached hydrogens (tertiary/aromatic N) is 4. The first-order valence-corrected chi connectivity index (χ1v) is 11.3. The molecule has 3 aromatic carbocycles. The number of rotatable bonds is 4. The summed E-state index contributed by atoms with van der Waals surface area (Å²) in [6, 6.07) is 27.5. The van der Waals surface area contributed by atoms with E-state index in [4.69, 9.17) is 10.1 Å². The van der Waals surface area contributed by atoms with Gasteiger partial charge in [0.05, 0.1) is 28.0 Å². The van der Waals surface area contributed by atoms with Crippen molar-refractivity contribution in [1.29, 1.82) is 5.26 Å². The van der Waals surface area contributed by atoms with E-state index in [0.717, 1.165) is 22.3 Å². The third-order valence-corrected chi connectivity index (χ3v) is 6.13. The van der Waals surface area contributed by atoms with Crippen molar-refractivity contribution in [3.8, 4) is 39.9 Å². The van der Waals surface area contributed by atoms with E-state index in [1.807, 2.05) is 61.5 Å². The standard InChI is InChI=1S/C29H24N4O/c1-18(2)20-13-15-21(16-14-20)28-24(17-30)27(23-11-7-8-12-25(23)34)26-19(3)32-33(29(26)31-28)22-9-5-4-6-10-22/h4-16,18,34H,1-3H3. The van der Waals surface area contributed by atoms with Gasteiger partial charge in [-0.15, -0.1) is 0 Å². The summed E-state index contributed by atoms with van der Waals surface area (Å²) in [6.45, 7) is 6.21. The van der Waals surface area contributed by atoms with Gasteiger partial charge in [0.1, 0.15) is 11.8 Å². The molecule has 166 valence electrons. The molecule has 0 saturated heterocycles. The number of aryl methyl sites for hydroxylation is 1. The van der Waals surface area contributed by atoms with Crippen LogP contribution >= 0.6 is 0 Å². The van der Waals surface area contributed by atoms with Crippen LogP contribution in [0.1, 0.15) is 36.6 Å². The zero-order valence-corrected chi connectivity index (χ0v) is 19.3. The SMILES string of the molecule is Cc1nn(-c2ccccc2)c2nc(-c3ccc(C(C)C)cc3)c(C#N)c(-c3ccccc3O)c12. The second-order valence-corrected chi connectivity index (χ2v) is 8.65. The molecule has 0 atom stereocenters. The molecule has 0 bridgehead atoms. The molecule has 0 aliphatic rings. The Morgan fingerprint density at radius 2 is 1.59 bits per heavy atom. The Morgan fingerprint density at radius 1 is 0.912 bits per heavy atom. The van der Waals surface area contributed by atoms with Gasteiger partial charge in [-0.3, -0.25) is 0 Å². The molecular formula is C29H24N4O. The van der Waals surface area contributed by atoms with Gasteiger partial charge in [0.2, 0.25) is 0 Å². The summed E-state index contributed by atoms with van der Waals surface area (Å²) in [5, 5.41) is 26.6. The number of aromatic hydroxyl groups is 1. The normalized spacial score (nSPS) is 11.1. The highest BCUT2D eigenvalue weighted by molar-refractivity contribution is 6.02. The van der Waals surface area contributed by atoms with Gasteiger partial charge in [0, 0.05) is 16.7 Å². The molecule has 0 aliphatic heterocycles. The number of phenols is 1. The fourth-order valence-corrected chi connectivity index (χ4v) is 4.36. The third-order valence-electron chi connectivity index (χ3n) is 6.13. The second kappa shape index (κ2) is 8.49. The van der Waals surface area contributed by atoms with Crippen molar-refractivity contribution in [2.45, 2.75) is 26.7 Å². The maximum Gasteiger partial charge on any atom is 0.164 e. The van der Waals surface area contributed by atoms with E-state index < -0.39 is 0 Å². The average Bonchev–Trinajstić information content (AvgIpc) is 3.20. The number of aromatic nitrogens is 3. The van der Waals surface area contributed by atoms with Crippen LogP contribution in [0.25, 0.3) is 39.1 Å². The Morgan fingerprint density at radius 3 is 2.24 bits per heavy atom. The van der Waals surface area contributed by atoms with Gasteiger partial charge in [-0.2, -0.15) is 10.4 Å². The van der Waals surface area contributed by atoms with E-state index in [1.54, 1.807) is 16.8 Å². The molecular weight excluding hydrogens is 420 g/mol. The highest BCUT2D eigenvalue weighted by Gasteiger charge is 2.24. The molecule has 2 heterocycles. The largest absolute Gasteiger partial charge is 0.507 e. The topological polar surface area (TPSA) is 74.7 Å². The van der Waals surface area contributed by atoms with Gasteiger partial charge in [0.15, 0.2) is 5.65 Å². The molecule has 0 amide bonds. The van der Waals surface area contributed by atoms with Crippen molar-refractivity contribution in [1.82, 2.24) is 14.8 Å². The summed E-state index contributed by atoms with van der Waals surface area (Å²) in [4.78, 5) is 5.00.